The van der Waals surface area contributed by atoms with Crippen LogP contribution < -0.4 is 10.1 Å². The summed E-state index contributed by atoms with van der Waals surface area (Å²) in [6.45, 7) is 6.36. The molecule has 0 aliphatic carbocycles. The maximum atomic E-state index is 12.3. The Morgan fingerprint density at radius 1 is 1.61 bits per heavy atom. The first-order valence-corrected chi connectivity index (χ1v) is 7.00. The van der Waals surface area contributed by atoms with Gasteiger partial charge in [0, 0.05) is 17.8 Å². The third-order valence-electron chi connectivity index (χ3n) is 3.57. The van der Waals surface area contributed by atoms with Crippen LogP contribution in [-0.2, 0) is 6.54 Å². The van der Waals surface area contributed by atoms with E-state index in [4.69, 9.17) is 4.74 Å². The van der Waals surface area contributed by atoms with E-state index in [1.807, 2.05) is 13.8 Å². The molecule has 2 N–H and O–H groups in total. The van der Waals surface area contributed by atoms with Crippen LogP contribution in [0, 0.1) is 17.0 Å². The first kappa shape index (κ1) is 16.5. The fourth-order valence-corrected chi connectivity index (χ4v) is 2.34. The van der Waals surface area contributed by atoms with E-state index in [0.717, 1.165) is 17.8 Å². The number of nitrogens with one attached hydrogen (secondary N) is 2. The van der Waals surface area contributed by atoms with E-state index in [1.54, 1.807) is 17.8 Å². The summed E-state index contributed by atoms with van der Waals surface area (Å²) in [6, 6.07) is -0.364. The second-order valence-corrected chi connectivity index (χ2v) is 4.91. The van der Waals surface area contributed by atoms with Gasteiger partial charge in [-0.05, 0) is 20.8 Å². The number of carbonyl (C=O) groups excluding carboxylic acids is 1. The second-order valence-electron chi connectivity index (χ2n) is 4.91. The average molecular weight is 322 g/mol. The van der Waals surface area contributed by atoms with Gasteiger partial charge in [0.05, 0.1) is 24.3 Å². The number of hydrogen-bond donors (Lipinski definition) is 2. The highest BCUT2D eigenvalue weighted by Gasteiger charge is 2.31. The van der Waals surface area contributed by atoms with Crippen molar-refractivity contribution in [1.29, 1.82) is 0 Å². The van der Waals surface area contributed by atoms with Crippen LogP contribution >= 0.6 is 0 Å². The number of aromatic nitrogens is 4. The number of rotatable bonds is 6. The van der Waals surface area contributed by atoms with Gasteiger partial charge in [0.15, 0.2) is 0 Å². The van der Waals surface area contributed by atoms with E-state index in [2.05, 4.69) is 20.6 Å². The molecular weight excluding hydrogens is 304 g/mol. The first-order chi connectivity index (χ1) is 10.9. The lowest BCUT2D eigenvalue weighted by molar-refractivity contribution is -0.386. The third kappa shape index (κ3) is 3.00. The van der Waals surface area contributed by atoms with Crippen molar-refractivity contribution in [2.75, 3.05) is 7.11 Å². The van der Waals surface area contributed by atoms with Gasteiger partial charge in [-0.2, -0.15) is 5.10 Å². The van der Waals surface area contributed by atoms with E-state index in [-0.39, 0.29) is 17.6 Å². The molecule has 0 saturated carbocycles. The van der Waals surface area contributed by atoms with Gasteiger partial charge >= 0.3 is 11.6 Å². The number of hydrogen-bond acceptors (Lipinski definition) is 6. The smallest absolute Gasteiger partial charge is 0.362 e. The van der Waals surface area contributed by atoms with Gasteiger partial charge < -0.3 is 10.1 Å². The molecule has 1 amide bonds. The number of methoxy groups -OCH3 is 1. The monoisotopic (exact) mass is 322 g/mol. The van der Waals surface area contributed by atoms with Gasteiger partial charge in [-0.3, -0.25) is 24.7 Å². The summed E-state index contributed by atoms with van der Waals surface area (Å²) in [5, 5.41) is 24.0. The topological polar surface area (TPSA) is 128 Å². The van der Waals surface area contributed by atoms with Crippen LogP contribution in [-0.4, -0.2) is 37.9 Å². The van der Waals surface area contributed by atoms with Crippen molar-refractivity contribution < 1.29 is 14.5 Å². The molecule has 0 aliphatic heterocycles. The lowest BCUT2D eigenvalue weighted by atomic mass is 10.1. The standard InChI is InChI=1S/C13H18N6O4/c1-5-18-8(3)9(6-14-18)7(2)15-12(20)10-11(19(21)22)13(23-4)17-16-10/h6-7H,5H2,1-4H3,(H,15,20)(H,16,17). The minimum Gasteiger partial charge on any atom is -0.475 e. The number of aromatic amines is 1. The largest absolute Gasteiger partial charge is 0.475 e. The summed E-state index contributed by atoms with van der Waals surface area (Å²) < 4.78 is 6.59. The molecule has 0 aliphatic rings. The van der Waals surface area contributed by atoms with Crippen molar-refractivity contribution in [3.8, 4) is 5.88 Å². The molecule has 23 heavy (non-hydrogen) atoms. The molecule has 0 aromatic carbocycles. The quantitative estimate of drug-likeness (QED) is 0.610. The van der Waals surface area contributed by atoms with Gasteiger partial charge in [0.2, 0.25) is 5.69 Å². The SMILES string of the molecule is CCn1ncc(C(C)NC(=O)c2[nH]nc(OC)c2[N+](=O)[O-])c1C. The molecule has 1 unspecified atom stereocenters. The predicted molar refractivity (Wildman–Crippen MR) is 80.3 cm³/mol. The summed E-state index contributed by atoms with van der Waals surface area (Å²) in [5.74, 6) is -0.869. The predicted octanol–water partition coefficient (Wildman–Crippen LogP) is 1.34. The lowest BCUT2D eigenvalue weighted by Crippen LogP contribution is -2.28. The van der Waals surface area contributed by atoms with Crippen LogP contribution in [0.3, 0.4) is 0 Å². The molecule has 0 fully saturated rings. The van der Waals surface area contributed by atoms with E-state index in [9.17, 15) is 14.9 Å². The number of ether oxygens (including phenoxy) is 1. The molecular formula is C13H18N6O4. The first-order valence-electron chi connectivity index (χ1n) is 7.00. The minimum atomic E-state index is -0.706. The fourth-order valence-electron chi connectivity index (χ4n) is 2.34. The lowest BCUT2D eigenvalue weighted by Gasteiger charge is -2.13. The number of nitrogens with zero attached hydrogens (tertiary/aromatic N) is 4. The summed E-state index contributed by atoms with van der Waals surface area (Å²) in [6.07, 6.45) is 1.67. The zero-order valence-electron chi connectivity index (χ0n) is 13.3. The number of carbonyl (C=O) groups is 1. The van der Waals surface area contributed by atoms with Gasteiger partial charge in [0.25, 0.3) is 5.91 Å². The van der Waals surface area contributed by atoms with Crippen LogP contribution in [0.15, 0.2) is 6.20 Å². The average Bonchev–Trinajstić information content (AvgIpc) is 3.10. The highest BCUT2D eigenvalue weighted by atomic mass is 16.6. The highest BCUT2D eigenvalue weighted by molar-refractivity contribution is 5.97. The molecule has 10 heteroatoms. The Morgan fingerprint density at radius 3 is 2.83 bits per heavy atom. The number of amides is 1. The van der Waals surface area contributed by atoms with Crippen LogP contribution in [0.4, 0.5) is 5.69 Å². The summed E-state index contributed by atoms with van der Waals surface area (Å²) >= 11 is 0. The second kappa shape index (κ2) is 6.46. The Balaban J connectivity index is 2.23. The molecule has 2 aromatic heterocycles. The van der Waals surface area contributed by atoms with Crippen molar-refractivity contribution >= 4 is 11.6 Å². The Hall–Kier alpha value is -2.91. The van der Waals surface area contributed by atoms with Crippen LogP contribution in [0.25, 0.3) is 0 Å². The Labute approximate surface area is 132 Å². The van der Waals surface area contributed by atoms with Gasteiger partial charge in [-0.25, -0.2) is 0 Å². The fraction of sp³-hybridized carbons (Fsp3) is 0.462. The van der Waals surface area contributed by atoms with Crippen molar-refractivity contribution in [2.45, 2.75) is 33.4 Å². The van der Waals surface area contributed by atoms with Crippen LogP contribution in [0.2, 0.25) is 0 Å². The minimum absolute atomic E-state index is 0.234. The normalized spacial score (nSPS) is 12.0. The molecule has 0 bridgehead atoms. The molecule has 2 aromatic rings. The highest BCUT2D eigenvalue weighted by Crippen LogP contribution is 2.28. The van der Waals surface area contributed by atoms with Crippen molar-refractivity contribution in [3.63, 3.8) is 0 Å². The van der Waals surface area contributed by atoms with Gasteiger partial charge in [0.1, 0.15) is 0 Å². The molecule has 2 rings (SSSR count). The Kier molecular flexibility index (Phi) is 4.63. The van der Waals surface area contributed by atoms with Crippen molar-refractivity contribution in [3.05, 3.63) is 33.3 Å². The third-order valence-corrected chi connectivity index (χ3v) is 3.57. The molecule has 124 valence electrons. The molecule has 10 nitrogen and oxygen atoms in total. The Bertz CT molecular complexity index is 735. The molecule has 2 heterocycles. The molecule has 1 atom stereocenters. The maximum absolute atomic E-state index is 12.3. The number of nitro groups is 1. The zero-order valence-corrected chi connectivity index (χ0v) is 13.3. The van der Waals surface area contributed by atoms with Crippen molar-refractivity contribution in [2.24, 2.45) is 0 Å². The van der Waals surface area contributed by atoms with E-state index >= 15 is 0 Å². The van der Waals surface area contributed by atoms with Gasteiger partial charge in [-0.15, -0.1) is 5.10 Å². The van der Waals surface area contributed by atoms with Gasteiger partial charge in [-0.1, -0.05) is 0 Å². The summed E-state index contributed by atoms with van der Waals surface area (Å²) in [4.78, 5) is 22.7. The summed E-state index contributed by atoms with van der Waals surface area (Å²) in [5.41, 5.74) is 1.03. The number of H-pyrrole nitrogens is 1. The van der Waals surface area contributed by atoms with Crippen LogP contribution in [0.5, 0.6) is 5.88 Å². The molecule has 0 radical (unpaired) electrons. The summed E-state index contributed by atoms with van der Waals surface area (Å²) in [7, 11) is 1.25. The van der Waals surface area contributed by atoms with Crippen LogP contribution in [0.1, 0.15) is 41.6 Å². The molecule has 0 spiro atoms. The molecule has 0 saturated heterocycles. The van der Waals surface area contributed by atoms with E-state index in [0.29, 0.717) is 0 Å². The number of aryl methyl sites for hydroxylation is 1. The van der Waals surface area contributed by atoms with E-state index < -0.39 is 16.5 Å². The zero-order chi connectivity index (χ0) is 17.1. The maximum Gasteiger partial charge on any atom is 0.362 e. The van der Waals surface area contributed by atoms with Crippen molar-refractivity contribution in [1.82, 2.24) is 25.3 Å². The Morgan fingerprint density at radius 2 is 2.30 bits per heavy atom. The van der Waals surface area contributed by atoms with E-state index in [1.165, 1.54) is 7.11 Å².